The van der Waals surface area contributed by atoms with Crippen LogP contribution in [0, 0.1) is 0 Å². The Kier molecular flexibility index (Phi) is 5.10. The average molecular weight is 378 g/mol. The zero-order valence-electron chi connectivity index (χ0n) is 12.2. The molecule has 118 valence electrons. The minimum absolute atomic E-state index is 0.121. The van der Waals surface area contributed by atoms with Crippen LogP contribution in [0.1, 0.15) is 25.3 Å². The van der Waals surface area contributed by atoms with E-state index >= 15 is 0 Å². The van der Waals surface area contributed by atoms with Gasteiger partial charge < -0.3 is 9.84 Å². The Labute approximate surface area is 134 Å². The highest BCUT2D eigenvalue weighted by Crippen LogP contribution is 2.31. The van der Waals surface area contributed by atoms with Crippen LogP contribution in [0.4, 0.5) is 0 Å². The molecule has 0 aromatic heterocycles. The molecule has 1 saturated heterocycles. The Morgan fingerprint density at radius 3 is 2.76 bits per heavy atom. The summed E-state index contributed by atoms with van der Waals surface area (Å²) < 4.78 is 33.0. The third-order valence-corrected chi connectivity index (χ3v) is 6.74. The van der Waals surface area contributed by atoms with E-state index in [2.05, 4.69) is 15.9 Å². The first-order valence-corrected chi connectivity index (χ1v) is 9.00. The van der Waals surface area contributed by atoms with Gasteiger partial charge in [-0.1, -0.05) is 6.07 Å². The van der Waals surface area contributed by atoms with Gasteiger partial charge in [-0.05, 0) is 53.4 Å². The fraction of sp³-hybridized carbons (Fsp3) is 0.571. The maximum Gasteiger partial charge on any atom is 0.244 e. The molecular formula is C14H20BrNO4S. The third kappa shape index (κ3) is 3.48. The zero-order chi connectivity index (χ0) is 15.7. The van der Waals surface area contributed by atoms with Crippen LogP contribution < -0.4 is 0 Å². The summed E-state index contributed by atoms with van der Waals surface area (Å²) in [6.45, 7) is 2.65. The van der Waals surface area contributed by atoms with Crippen LogP contribution in [0.3, 0.4) is 0 Å². The van der Waals surface area contributed by atoms with Gasteiger partial charge in [0.25, 0.3) is 0 Å². The van der Waals surface area contributed by atoms with E-state index in [1.807, 2.05) is 6.92 Å². The summed E-state index contributed by atoms with van der Waals surface area (Å²) in [4.78, 5) is 0.222. The Morgan fingerprint density at radius 2 is 2.19 bits per heavy atom. The van der Waals surface area contributed by atoms with Gasteiger partial charge in [0.1, 0.15) is 0 Å². The molecule has 1 aromatic rings. The predicted octanol–water partition coefficient (Wildman–Crippen LogP) is 2.13. The van der Waals surface area contributed by atoms with Crippen molar-refractivity contribution in [3.63, 3.8) is 0 Å². The largest absolute Gasteiger partial charge is 0.392 e. The molecule has 1 aliphatic rings. The summed E-state index contributed by atoms with van der Waals surface area (Å²) in [5, 5.41) is 9.11. The lowest BCUT2D eigenvalue weighted by Crippen LogP contribution is -2.49. The van der Waals surface area contributed by atoms with Crippen LogP contribution in [-0.2, 0) is 21.4 Å². The van der Waals surface area contributed by atoms with Gasteiger partial charge in [0.2, 0.25) is 10.0 Å². The molecule has 5 nitrogen and oxygen atoms in total. The molecule has 7 heteroatoms. The van der Waals surface area contributed by atoms with Crippen LogP contribution in [0.25, 0.3) is 0 Å². The van der Waals surface area contributed by atoms with Gasteiger partial charge in [-0.2, -0.15) is 4.31 Å². The van der Waals surface area contributed by atoms with E-state index in [9.17, 15) is 8.42 Å². The van der Waals surface area contributed by atoms with E-state index in [0.717, 1.165) is 12.8 Å². The monoisotopic (exact) mass is 377 g/mol. The zero-order valence-corrected chi connectivity index (χ0v) is 14.6. The van der Waals surface area contributed by atoms with Crippen LogP contribution in [-0.4, -0.2) is 43.6 Å². The number of piperidine rings is 1. The lowest BCUT2D eigenvalue weighted by Gasteiger charge is -2.38. The van der Waals surface area contributed by atoms with Gasteiger partial charge in [0.15, 0.2) is 0 Å². The van der Waals surface area contributed by atoms with Crippen LogP contribution in [0.15, 0.2) is 27.6 Å². The molecular weight excluding hydrogens is 358 g/mol. The number of benzene rings is 1. The maximum atomic E-state index is 12.8. The smallest absolute Gasteiger partial charge is 0.244 e. The number of sulfonamides is 1. The van der Waals surface area contributed by atoms with E-state index in [4.69, 9.17) is 9.84 Å². The van der Waals surface area contributed by atoms with Gasteiger partial charge in [-0.25, -0.2) is 8.42 Å². The van der Waals surface area contributed by atoms with Crippen molar-refractivity contribution in [1.82, 2.24) is 4.31 Å². The number of hydrogen-bond acceptors (Lipinski definition) is 4. The quantitative estimate of drug-likeness (QED) is 0.872. The Hall–Kier alpha value is -0.470. The number of methoxy groups -OCH3 is 1. The predicted molar refractivity (Wildman–Crippen MR) is 83.5 cm³/mol. The second kappa shape index (κ2) is 6.34. The van der Waals surface area contributed by atoms with Crippen molar-refractivity contribution >= 4 is 26.0 Å². The molecule has 1 aliphatic heterocycles. The highest BCUT2D eigenvalue weighted by atomic mass is 79.9. The van der Waals surface area contributed by atoms with Crippen LogP contribution in [0.2, 0.25) is 0 Å². The summed E-state index contributed by atoms with van der Waals surface area (Å²) >= 11 is 3.29. The van der Waals surface area contributed by atoms with Crippen molar-refractivity contribution in [2.75, 3.05) is 20.2 Å². The highest BCUT2D eigenvalue weighted by Gasteiger charge is 2.37. The second-order valence-electron chi connectivity index (χ2n) is 5.52. The van der Waals surface area contributed by atoms with Crippen molar-refractivity contribution in [2.45, 2.75) is 36.9 Å². The normalized spacial score (nSPS) is 24.2. The molecule has 0 spiro atoms. The number of nitrogens with zero attached hydrogens (tertiary/aromatic N) is 1. The van der Waals surface area contributed by atoms with Gasteiger partial charge in [-0.15, -0.1) is 0 Å². The highest BCUT2D eigenvalue weighted by molar-refractivity contribution is 9.10. The minimum atomic E-state index is -3.57. The average Bonchev–Trinajstić information content (AvgIpc) is 2.46. The minimum Gasteiger partial charge on any atom is -0.392 e. The molecule has 2 rings (SSSR count). The van der Waals surface area contributed by atoms with Crippen molar-refractivity contribution < 1.29 is 18.3 Å². The lowest BCUT2D eigenvalue weighted by atomic mass is 9.96. The molecule has 1 N–H and O–H groups in total. The summed E-state index contributed by atoms with van der Waals surface area (Å²) in [6.07, 6.45) is 1.62. The molecule has 1 aromatic carbocycles. The van der Waals surface area contributed by atoms with Crippen molar-refractivity contribution in [3.05, 3.63) is 28.2 Å². The van der Waals surface area contributed by atoms with Crippen molar-refractivity contribution in [3.8, 4) is 0 Å². The van der Waals surface area contributed by atoms with E-state index in [-0.39, 0.29) is 11.5 Å². The SMILES string of the molecule is COC1(C)CCCN(S(=O)(=O)c2ccc(CO)cc2Br)C1. The topological polar surface area (TPSA) is 66.8 Å². The summed E-state index contributed by atoms with van der Waals surface area (Å²) in [7, 11) is -1.96. The second-order valence-corrected chi connectivity index (χ2v) is 8.28. The van der Waals surface area contributed by atoms with Gasteiger partial charge in [-0.3, -0.25) is 0 Å². The molecule has 1 atom stereocenters. The van der Waals surface area contributed by atoms with Gasteiger partial charge >= 0.3 is 0 Å². The molecule has 0 saturated carbocycles. The molecule has 0 aliphatic carbocycles. The number of rotatable bonds is 4. The molecule has 21 heavy (non-hydrogen) atoms. The van der Waals surface area contributed by atoms with E-state index in [1.54, 1.807) is 19.2 Å². The first-order chi connectivity index (χ1) is 9.82. The van der Waals surface area contributed by atoms with Crippen LogP contribution in [0.5, 0.6) is 0 Å². The first kappa shape index (κ1) is 16.9. The van der Waals surface area contributed by atoms with Gasteiger partial charge in [0, 0.05) is 24.7 Å². The standard InChI is InChI=1S/C14H20BrNO4S/c1-14(20-2)6-3-7-16(10-14)21(18,19)13-5-4-11(9-17)8-12(13)15/h4-5,8,17H,3,6-7,9-10H2,1-2H3. The number of halogens is 1. The van der Waals surface area contributed by atoms with Gasteiger partial charge in [0.05, 0.1) is 17.1 Å². The first-order valence-electron chi connectivity index (χ1n) is 6.77. The molecule has 1 fully saturated rings. The van der Waals surface area contributed by atoms with Crippen molar-refractivity contribution in [1.29, 1.82) is 0 Å². The van der Waals surface area contributed by atoms with Crippen molar-refractivity contribution in [2.24, 2.45) is 0 Å². The molecule has 0 amide bonds. The fourth-order valence-corrected chi connectivity index (χ4v) is 5.20. The Bertz CT molecular complexity index is 619. The Balaban J connectivity index is 2.34. The van der Waals surface area contributed by atoms with E-state index < -0.39 is 15.6 Å². The lowest BCUT2D eigenvalue weighted by molar-refractivity contribution is -0.0319. The molecule has 0 radical (unpaired) electrons. The number of aliphatic hydroxyl groups excluding tert-OH is 1. The van der Waals surface area contributed by atoms with E-state index in [1.165, 1.54) is 10.4 Å². The summed E-state index contributed by atoms with van der Waals surface area (Å²) in [5.41, 5.74) is 0.226. The number of hydrogen-bond donors (Lipinski definition) is 1. The van der Waals surface area contributed by atoms with E-state index in [0.29, 0.717) is 23.1 Å². The third-order valence-electron chi connectivity index (χ3n) is 3.91. The Morgan fingerprint density at radius 1 is 1.48 bits per heavy atom. The fourth-order valence-electron chi connectivity index (χ4n) is 2.52. The number of ether oxygens (including phenoxy) is 1. The maximum absolute atomic E-state index is 12.8. The molecule has 1 unspecified atom stereocenters. The summed E-state index contributed by atoms with van der Waals surface area (Å²) in [5.74, 6) is 0. The van der Waals surface area contributed by atoms with Crippen LogP contribution >= 0.6 is 15.9 Å². The molecule has 1 heterocycles. The number of aliphatic hydroxyl groups is 1. The summed E-state index contributed by atoms with van der Waals surface area (Å²) in [6, 6.07) is 4.78. The molecule has 0 bridgehead atoms.